The van der Waals surface area contributed by atoms with Gasteiger partial charge in [-0.3, -0.25) is 0 Å². The molecule has 5 heteroatoms. The van der Waals surface area contributed by atoms with Gasteiger partial charge in [-0.05, 0) is 64.1 Å². The number of nitrogens with one attached hydrogen (secondary N) is 2. The Hall–Kier alpha value is -1.46. The predicted octanol–water partition coefficient (Wildman–Crippen LogP) is 3.91. The summed E-state index contributed by atoms with van der Waals surface area (Å²) in [6, 6.07) is 6.95. The molecule has 1 saturated carbocycles. The van der Waals surface area contributed by atoms with E-state index in [1.54, 1.807) is 11.3 Å². The Morgan fingerprint density at radius 3 is 2.73 bits per heavy atom. The van der Waals surface area contributed by atoms with E-state index in [-0.39, 0.29) is 0 Å². The van der Waals surface area contributed by atoms with Crippen molar-refractivity contribution in [1.82, 2.24) is 15.3 Å². The maximum Gasteiger partial charge on any atom is 0.188 e. The lowest BCUT2D eigenvalue weighted by atomic mass is 9.83. The standard InChI is InChI=1S/C17H24N4S/c1-12-11-19-17(22-12)21-16-5-3-4-15(20-16)10-13-6-8-14(18-2)9-7-13/h3-5,11,13-14,18H,6-10H2,1-2H3,(H,19,20,21). The van der Waals surface area contributed by atoms with Gasteiger partial charge in [0.1, 0.15) is 5.82 Å². The Balaban J connectivity index is 1.59. The minimum absolute atomic E-state index is 0.713. The highest BCUT2D eigenvalue weighted by Crippen LogP contribution is 2.27. The quantitative estimate of drug-likeness (QED) is 0.878. The largest absolute Gasteiger partial charge is 0.317 e. The van der Waals surface area contributed by atoms with Crippen LogP contribution in [0.4, 0.5) is 10.9 Å². The maximum atomic E-state index is 4.75. The molecule has 0 amide bonds. The summed E-state index contributed by atoms with van der Waals surface area (Å²) in [4.78, 5) is 10.3. The highest BCUT2D eigenvalue weighted by atomic mass is 32.1. The molecule has 0 atom stereocenters. The summed E-state index contributed by atoms with van der Waals surface area (Å²) in [5.41, 5.74) is 1.19. The highest BCUT2D eigenvalue weighted by molar-refractivity contribution is 7.15. The summed E-state index contributed by atoms with van der Waals surface area (Å²) in [6.45, 7) is 2.06. The van der Waals surface area contributed by atoms with Gasteiger partial charge in [-0.25, -0.2) is 9.97 Å². The molecule has 2 N–H and O–H groups in total. The molecule has 0 spiro atoms. The number of hydrogen-bond donors (Lipinski definition) is 2. The summed E-state index contributed by atoms with van der Waals surface area (Å²) in [6.07, 6.45) is 8.15. The number of aromatic nitrogens is 2. The normalized spacial score (nSPS) is 21.7. The van der Waals surface area contributed by atoms with E-state index < -0.39 is 0 Å². The van der Waals surface area contributed by atoms with Crippen molar-refractivity contribution in [3.05, 3.63) is 35.0 Å². The number of hydrogen-bond acceptors (Lipinski definition) is 5. The van der Waals surface area contributed by atoms with E-state index in [9.17, 15) is 0 Å². The fourth-order valence-corrected chi connectivity index (χ4v) is 3.81. The van der Waals surface area contributed by atoms with Crippen molar-refractivity contribution in [2.45, 2.75) is 45.1 Å². The molecule has 2 heterocycles. The first-order chi connectivity index (χ1) is 10.7. The second kappa shape index (κ2) is 7.20. The monoisotopic (exact) mass is 316 g/mol. The van der Waals surface area contributed by atoms with E-state index in [4.69, 9.17) is 4.98 Å². The van der Waals surface area contributed by atoms with Gasteiger partial charge in [0.05, 0.1) is 0 Å². The van der Waals surface area contributed by atoms with E-state index >= 15 is 0 Å². The first-order valence-corrected chi connectivity index (χ1v) is 8.87. The van der Waals surface area contributed by atoms with Gasteiger partial charge in [0.25, 0.3) is 0 Å². The molecule has 2 aromatic heterocycles. The molecule has 0 aliphatic heterocycles. The lowest BCUT2D eigenvalue weighted by Gasteiger charge is -2.28. The van der Waals surface area contributed by atoms with Crippen molar-refractivity contribution in [2.75, 3.05) is 12.4 Å². The third-order valence-electron chi connectivity index (χ3n) is 4.42. The van der Waals surface area contributed by atoms with Gasteiger partial charge < -0.3 is 10.6 Å². The van der Waals surface area contributed by atoms with Gasteiger partial charge in [0, 0.05) is 22.8 Å². The van der Waals surface area contributed by atoms with Crippen molar-refractivity contribution in [2.24, 2.45) is 5.92 Å². The van der Waals surface area contributed by atoms with Crippen molar-refractivity contribution < 1.29 is 0 Å². The van der Waals surface area contributed by atoms with Crippen LogP contribution < -0.4 is 10.6 Å². The lowest BCUT2D eigenvalue weighted by molar-refractivity contribution is 0.299. The summed E-state index contributed by atoms with van der Waals surface area (Å²) < 4.78 is 0. The molecule has 0 bridgehead atoms. The number of anilines is 2. The Morgan fingerprint density at radius 1 is 1.23 bits per heavy atom. The van der Waals surface area contributed by atoms with Crippen LogP contribution in [-0.4, -0.2) is 23.1 Å². The summed E-state index contributed by atoms with van der Waals surface area (Å²) in [7, 11) is 2.07. The van der Waals surface area contributed by atoms with Crippen LogP contribution in [0.25, 0.3) is 0 Å². The summed E-state index contributed by atoms with van der Waals surface area (Å²) in [5.74, 6) is 1.67. The fourth-order valence-electron chi connectivity index (χ4n) is 3.14. The minimum atomic E-state index is 0.713. The lowest BCUT2D eigenvalue weighted by Crippen LogP contribution is -2.30. The predicted molar refractivity (Wildman–Crippen MR) is 92.9 cm³/mol. The van der Waals surface area contributed by atoms with Crippen molar-refractivity contribution in [1.29, 1.82) is 0 Å². The van der Waals surface area contributed by atoms with Crippen LogP contribution in [0.5, 0.6) is 0 Å². The molecule has 3 rings (SSSR count). The second-order valence-corrected chi connectivity index (χ2v) is 7.36. The Labute approximate surface area is 136 Å². The second-order valence-electron chi connectivity index (χ2n) is 6.13. The molecule has 2 aromatic rings. The molecule has 0 radical (unpaired) electrons. The van der Waals surface area contributed by atoms with E-state index in [0.29, 0.717) is 6.04 Å². The molecule has 0 unspecified atom stereocenters. The van der Waals surface area contributed by atoms with Crippen LogP contribution in [0.2, 0.25) is 0 Å². The smallest absolute Gasteiger partial charge is 0.188 e. The van der Waals surface area contributed by atoms with E-state index in [1.165, 1.54) is 36.3 Å². The van der Waals surface area contributed by atoms with Gasteiger partial charge >= 0.3 is 0 Å². The van der Waals surface area contributed by atoms with Crippen LogP contribution in [0.3, 0.4) is 0 Å². The SMILES string of the molecule is CNC1CCC(Cc2cccc(Nc3ncc(C)s3)n2)CC1. The zero-order chi connectivity index (χ0) is 15.4. The van der Waals surface area contributed by atoms with Crippen LogP contribution in [0, 0.1) is 12.8 Å². The number of rotatable bonds is 5. The average molecular weight is 316 g/mol. The molecule has 22 heavy (non-hydrogen) atoms. The molecule has 1 aliphatic rings. The molecule has 1 aliphatic carbocycles. The number of aryl methyl sites for hydroxylation is 1. The number of thiazole rings is 1. The van der Waals surface area contributed by atoms with Crippen LogP contribution >= 0.6 is 11.3 Å². The zero-order valence-corrected chi connectivity index (χ0v) is 14.1. The summed E-state index contributed by atoms with van der Waals surface area (Å²) >= 11 is 1.66. The fraction of sp³-hybridized carbons (Fsp3) is 0.529. The molecular weight excluding hydrogens is 292 g/mol. The third-order valence-corrected chi connectivity index (χ3v) is 5.24. The van der Waals surface area contributed by atoms with Gasteiger partial charge in [-0.2, -0.15) is 0 Å². The molecule has 4 nitrogen and oxygen atoms in total. The highest BCUT2D eigenvalue weighted by Gasteiger charge is 2.20. The molecular formula is C17H24N4S. The van der Waals surface area contributed by atoms with E-state index in [0.717, 1.165) is 23.3 Å². The van der Waals surface area contributed by atoms with Gasteiger partial charge in [0.2, 0.25) is 0 Å². The third kappa shape index (κ3) is 4.05. The van der Waals surface area contributed by atoms with Crippen LogP contribution in [0.15, 0.2) is 24.4 Å². The van der Waals surface area contributed by atoms with Gasteiger partial charge in [-0.1, -0.05) is 6.07 Å². The maximum absolute atomic E-state index is 4.75. The van der Waals surface area contributed by atoms with Crippen LogP contribution in [0.1, 0.15) is 36.3 Å². The first-order valence-electron chi connectivity index (χ1n) is 8.05. The van der Waals surface area contributed by atoms with E-state index in [2.05, 4.69) is 41.7 Å². The van der Waals surface area contributed by atoms with Crippen molar-refractivity contribution in [3.8, 4) is 0 Å². The van der Waals surface area contributed by atoms with Crippen molar-refractivity contribution >= 4 is 22.3 Å². The van der Waals surface area contributed by atoms with Crippen LogP contribution in [-0.2, 0) is 6.42 Å². The average Bonchev–Trinajstić information content (AvgIpc) is 2.93. The topological polar surface area (TPSA) is 49.8 Å². The van der Waals surface area contributed by atoms with Gasteiger partial charge in [-0.15, -0.1) is 11.3 Å². The zero-order valence-electron chi connectivity index (χ0n) is 13.3. The molecule has 0 aromatic carbocycles. The van der Waals surface area contributed by atoms with Gasteiger partial charge in [0.15, 0.2) is 5.13 Å². The number of pyridine rings is 1. The van der Waals surface area contributed by atoms with E-state index in [1.807, 2.05) is 12.3 Å². The Kier molecular flexibility index (Phi) is 5.05. The van der Waals surface area contributed by atoms with Crippen molar-refractivity contribution in [3.63, 3.8) is 0 Å². The molecule has 0 saturated heterocycles. The molecule has 1 fully saturated rings. The minimum Gasteiger partial charge on any atom is -0.317 e. The Bertz CT molecular complexity index is 602. The molecule has 118 valence electrons. The first kappa shape index (κ1) is 15.4. The number of nitrogens with zero attached hydrogens (tertiary/aromatic N) is 2. The summed E-state index contributed by atoms with van der Waals surface area (Å²) in [5, 5.41) is 7.61. The Morgan fingerprint density at radius 2 is 2.05 bits per heavy atom.